The van der Waals surface area contributed by atoms with E-state index in [9.17, 15) is 0 Å². The van der Waals surface area contributed by atoms with Crippen LogP contribution < -0.4 is 10.6 Å². The van der Waals surface area contributed by atoms with Crippen molar-refractivity contribution in [2.45, 2.75) is 25.3 Å². The third kappa shape index (κ3) is 2.67. The maximum atomic E-state index is 4.61. The Hall–Kier alpha value is -2.10. The first-order valence-electron chi connectivity index (χ1n) is 6.59. The SMILES string of the molecule is CNc1cc(NC2(C)CC2)nc(-c2ccccc2)n1. The molecular formula is C15H18N4. The normalized spacial score (nSPS) is 15.9. The van der Waals surface area contributed by atoms with E-state index in [4.69, 9.17) is 0 Å². The molecule has 98 valence electrons. The minimum Gasteiger partial charge on any atom is -0.373 e. The van der Waals surface area contributed by atoms with Crippen LogP contribution in [0.2, 0.25) is 0 Å². The highest BCUT2D eigenvalue weighted by atomic mass is 15.1. The van der Waals surface area contributed by atoms with Gasteiger partial charge in [-0.3, -0.25) is 0 Å². The summed E-state index contributed by atoms with van der Waals surface area (Å²) < 4.78 is 0. The van der Waals surface area contributed by atoms with Crippen molar-refractivity contribution in [2.24, 2.45) is 0 Å². The van der Waals surface area contributed by atoms with Crippen molar-refractivity contribution in [2.75, 3.05) is 17.7 Å². The molecule has 2 aromatic rings. The number of benzene rings is 1. The molecule has 4 nitrogen and oxygen atoms in total. The third-order valence-electron chi connectivity index (χ3n) is 3.44. The lowest BCUT2D eigenvalue weighted by Crippen LogP contribution is -2.17. The summed E-state index contributed by atoms with van der Waals surface area (Å²) in [5.74, 6) is 2.47. The molecule has 0 unspecified atom stereocenters. The summed E-state index contributed by atoms with van der Waals surface area (Å²) in [6.07, 6.45) is 2.40. The van der Waals surface area contributed by atoms with E-state index in [0.29, 0.717) is 0 Å². The minimum atomic E-state index is 0.216. The largest absolute Gasteiger partial charge is 0.373 e. The number of anilines is 2. The Morgan fingerprint density at radius 2 is 1.74 bits per heavy atom. The molecular weight excluding hydrogens is 236 g/mol. The fourth-order valence-electron chi connectivity index (χ4n) is 1.98. The molecule has 1 aromatic carbocycles. The van der Waals surface area contributed by atoms with Gasteiger partial charge in [0.15, 0.2) is 5.82 Å². The lowest BCUT2D eigenvalue weighted by Gasteiger charge is -2.14. The molecule has 0 spiro atoms. The van der Waals surface area contributed by atoms with Gasteiger partial charge < -0.3 is 10.6 Å². The molecule has 4 heteroatoms. The van der Waals surface area contributed by atoms with Crippen molar-refractivity contribution in [3.63, 3.8) is 0 Å². The molecule has 0 aliphatic heterocycles. The van der Waals surface area contributed by atoms with E-state index in [1.54, 1.807) is 0 Å². The highest BCUT2D eigenvalue weighted by Crippen LogP contribution is 2.38. The summed E-state index contributed by atoms with van der Waals surface area (Å²) in [5, 5.41) is 6.58. The van der Waals surface area contributed by atoms with E-state index >= 15 is 0 Å². The zero-order chi connectivity index (χ0) is 13.3. The molecule has 0 saturated heterocycles. The maximum absolute atomic E-state index is 4.61. The van der Waals surface area contributed by atoms with Crippen LogP contribution in [0.25, 0.3) is 11.4 Å². The second-order valence-electron chi connectivity index (χ2n) is 5.26. The van der Waals surface area contributed by atoms with Crippen LogP contribution >= 0.6 is 0 Å². The molecule has 1 saturated carbocycles. The fourth-order valence-corrected chi connectivity index (χ4v) is 1.98. The average Bonchev–Trinajstić information content (AvgIpc) is 3.16. The number of aromatic nitrogens is 2. The van der Waals surface area contributed by atoms with Crippen LogP contribution in [0.1, 0.15) is 19.8 Å². The zero-order valence-corrected chi connectivity index (χ0v) is 11.3. The van der Waals surface area contributed by atoms with E-state index in [1.807, 2.05) is 43.4 Å². The van der Waals surface area contributed by atoms with Crippen LogP contribution in [0.4, 0.5) is 11.6 Å². The molecule has 1 aromatic heterocycles. The van der Waals surface area contributed by atoms with E-state index < -0.39 is 0 Å². The monoisotopic (exact) mass is 254 g/mol. The number of nitrogens with one attached hydrogen (secondary N) is 2. The minimum absolute atomic E-state index is 0.216. The average molecular weight is 254 g/mol. The summed E-state index contributed by atoms with van der Waals surface area (Å²) in [4.78, 5) is 9.13. The first-order valence-corrected chi connectivity index (χ1v) is 6.59. The van der Waals surface area contributed by atoms with E-state index in [-0.39, 0.29) is 5.54 Å². The Morgan fingerprint density at radius 1 is 1.05 bits per heavy atom. The Bertz CT molecular complexity index is 576. The molecule has 19 heavy (non-hydrogen) atoms. The smallest absolute Gasteiger partial charge is 0.163 e. The molecule has 0 bridgehead atoms. The fraction of sp³-hybridized carbons (Fsp3) is 0.333. The Labute approximate surface area is 113 Å². The van der Waals surface area contributed by atoms with Gasteiger partial charge in [0.05, 0.1) is 0 Å². The van der Waals surface area contributed by atoms with Crippen LogP contribution in [-0.4, -0.2) is 22.6 Å². The van der Waals surface area contributed by atoms with Crippen molar-refractivity contribution < 1.29 is 0 Å². The molecule has 0 amide bonds. The lowest BCUT2D eigenvalue weighted by molar-refractivity contribution is 0.820. The molecule has 2 N–H and O–H groups in total. The molecule has 0 atom stereocenters. The second kappa shape index (κ2) is 4.53. The summed E-state index contributed by atoms with van der Waals surface area (Å²) in [5.41, 5.74) is 1.25. The van der Waals surface area contributed by atoms with Gasteiger partial charge in [-0.15, -0.1) is 0 Å². The molecule has 0 radical (unpaired) electrons. The van der Waals surface area contributed by atoms with Crippen molar-refractivity contribution in [1.29, 1.82) is 0 Å². The van der Waals surface area contributed by atoms with Gasteiger partial charge in [-0.05, 0) is 19.8 Å². The van der Waals surface area contributed by atoms with Gasteiger partial charge in [-0.1, -0.05) is 30.3 Å². The van der Waals surface area contributed by atoms with Crippen molar-refractivity contribution in [3.8, 4) is 11.4 Å². The zero-order valence-electron chi connectivity index (χ0n) is 11.3. The van der Waals surface area contributed by atoms with Gasteiger partial charge in [0.25, 0.3) is 0 Å². The van der Waals surface area contributed by atoms with Crippen LogP contribution in [0, 0.1) is 0 Å². The summed E-state index contributed by atoms with van der Waals surface area (Å²) in [6.45, 7) is 2.22. The Balaban J connectivity index is 1.97. The first-order chi connectivity index (χ1) is 9.18. The predicted molar refractivity (Wildman–Crippen MR) is 78.3 cm³/mol. The van der Waals surface area contributed by atoms with Gasteiger partial charge in [-0.25, -0.2) is 9.97 Å². The van der Waals surface area contributed by atoms with E-state index in [1.165, 1.54) is 12.8 Å². The molecule has 3 rings (SSSR count). The van der Waals surface area contributed by atoms with Gasteiger partial charge in [0.2, 0.25) is 0 Å². The van der Waals surface area contributed by atoms with Gasteiger partial charge in [-0.2, -0.15) is 0 Å². The van der Waals surface area contributed by atoms with Gasteiger partial charge in [0.1, 0.15) is 11.6 Å². The van der Waals surface area contributed by atoms with Gasteiger partial charge in [0, 0.05) is 24.2 Å². The van der Waals surface area contributed by atoms with Gasteiger partial charge >= 0.3 is 0 Å². The van der Waals surface area contributed by atoms with Crippen molar-refractivity contribution in [1.82, 2.24) is 9.97 Å². The molecule has 1 heterocycles. The van der Waals surface area contributed by atoms with E-state index in [0.717, 1.165) is 23.0 Å². The van der Waals surface area contributed by atoms with Crippen LogP contribution in [-0.2, 0) is 0 Å². The summed E-state index contributed by atoms with van der Waals surface area (Å²) in [6, 6.07) is 12.0. The lowest BCUT2D eigenvalue weighted by atomic mass is 10.2. The predicted octanol–water partition coefficient (Wildman–Crippen LogP) is 3.15. The standard InChI is InChI=1S/C15H18N4/c1-15(8-9-15)19-13-10-12(16-2)17-14(18-13)11-6-4-3-5-7-11/h3-7,10H,8-9H2,1-2H3,(H2,16,17,18,19). The molecule has 1 aliphatic carbocycles. The maximum Gasteiger partial charge on any atom is 0.163 e. The Morgan fingerprint density at radius 3 is 2.37 bits per heavy atom. The topological polar surface area (TPSA) is 49.8 Å². The number of hydrogen-bond acceptors (Lipinski definition) is 4. The first kappa shape index (κ1) is 12.0. The highest BCUT2D eigenvalue weighted by molar-refractivity contribution is 5.61. The number of nitrogens with zero attached hydrogens (tertiary/aromatic N) is 2. The van der Waals surface area contributed by atoms with E-state index in [2.05, 4.69) is 27.5 Å². The summed E-state index contributed by atoms with van der Waals surface area (Å²) in [7, 11) is 1.87. The molecule has 1 aliphatic rings. The van der Waals surface area contributed by atoms with Crippen LogP contribution in [0.5, 0.6) is 0 Å². The number of hydrogen-bond donors (Lipinski definition) is 2. The van der Waals surface area contributed by atoms with Crippen molar-refractivity contribution in [3.05, 3.63) is 36.4 Å². The summed E-state index contributed by atoms with van der Waals surface area (Å²) >= 11 is 0. The molecule has 1 fully saturated rings. The third-order valence-corrected chi connectivity index (χ3v) is 3.44. The quantitative estimate of drug-likeness (QED) is 0.880. The second-order valence-corrected chi connectivity index (χ2v) is 5.26. The van der Waals surface area contributed by atoms with Crippen LogP contribution in [0.15, 0.2) is 36.4 Å². The Kier molecular flexibility index (Phi) is 2.85. The van der Waals surface area contributed by atoms with Crippen LogP contribution in [0.3, 0.4) is 0 Å². The number of rotatable bonds is 4. The van der Waals surface area contributed by atoms with Crippen molar-refractivity contribution >= 4 is 11.6 Å². The highest BCUT2D eigenvalue weighted by Gasteiger charge is 2.37.